The van der Waals surface area contributed by atoms with Crippen LogP contribution in [-0.2, 0) is 5.54 Å². The molecule has 0 atom stereocenters. The molecule has 0 aliphatic carbocycles. The number of carbonyl (C=O) groups is 1. The van der Waals surface area contributed by atoms with Crippen molar-refractivity contribution >= 4 is 23.5 Å². The van der Waals surface area contributed by atoms with Crippen LogP contribution in [0.3, 0.4) is 0 Å². The van der Waals surface area contributed by atoms with Gasteiger partial charge in [0.15, 0.2) is 5.82 Å². The summed E-state index contributed by atoms with van der Waals surface area (Å²) in [4.78, 5) is 19.1. The lowest BCUT2D eigenvalue weighted by Crippen LogP contribution is -2.40. The summed E-state index contributed by atoms with van der Waals surface area (Å²) in [6, 6.07) is 11.5. The molecule has 0 unspecified atom stereocenters. The third-order valence-corrected chi connectivity index (χ3v) is 5.96. The molecule has 0 fully saturated rings. The standard InChI is InChI=1S/C24H26N6O2/c1-4-30(22-21-9-7-18(15-25)28(21)12-10-26-22)27-16-17-6-8-19-20(14-17)24(2,3)29(23(19)32)11-5-13-31/h6-10,12,14,16,31H,4-5,11,13H2,1-3H3/b27-16+. The number of hydrazone groups is 1. The molecule has 164 valence electrons. The van der Waals surface area contributed by atoms with Gasteiger partial charge >= 0.3 is 0 Å². The van der Waals surface area contributed by atoms with E-state index in [1.165, 1.54) is 0 Å². The van der Waals surface area contributed by atoms with Gasteiger partial charge in [0.2, 0.25) is 0 Å². The van der Waals surface area contributed by atoms with E-state index < -0.39 is 5.54 Å². The van der Waals surface area contributed by atoms with Crippen LogP contribution in [0.25, 0.3) is 5.52 Å². The van der Waals surface area contributed by atoms with E-state index in [4.69, 9.17) is 0 Å². The van der Waals surface area contributed by atoms with Crippen LogP contribution in [0.1, 0.15) is 54.4 Å². The van der Waals surface area contributed by atoms with Crippen molar-refractivity contribution in [1.82, 2.24) is 14.3 Å². The predicted molar refractivity (Wildman–Crippen MR) is 123 cm³/mol. The molecule has 1 aliphatic heterocycles. The second-order valence-electron chi connectivity index (χ2n) is 8.19. The van der Waals surface area contributed by atoms with Crippen molar-refractivity contribution in [3.05, 3.63) is 65.1 Å². The SMILES string of the molecule is CCN(/N=C/c1ccc2c(c1)C(C)(C)N(CCCO)C2=O)c1nccn2c(C#N)ccc12. The van der Waals surface area contributed by atoms with Gasteiger partial charge in [-0.05, 0) is 62.6 Å². The lowest BCUT2D eigenvalue weighted by atomic mass is 9.92. The number of anilines is 1. The number of nitriles is 1. The molecule has 0 saturated heterocycles. The van der Waals surface area contributed by atoms with Crippen LogP contribution in [-0.4, -0.2) is 51.2 Å². The van der Waals surface area contributed by atoms with Crippen LogP contribution in [0.4, 0.5) is 5.82 Å². The Morgan fingerprint density at radius 2 is 2.12 bits per heavy atom. The molecule has 0 bridgehead atoms. The molecular weight excluding hydrogens is 404 g/mol. The third-order valence-electron chi connectivity index (χ3n) is 5.96. The Bertz CT molecular complexity index is 1240. The average molecular weight is 431 g/mol. The first-order valence-corrected chi connectivity index (χ1v) is 10.7. The highest BCUT2D eigenvalue weighted by molar-refractivity contribution is 6.00. The molecule has 1 aliphatic rings. The zero-order valence-electron chi connectivity index (χ0n) is 18.5. The fourth-order valence-electron chi connectivity index (χ4n) is 4.23. The van der Waals surface area contributed by atoms with Gasteiger partial charge in [0.1, 0.15) is 11.8 Å². The minimum atomic E-state index is -0.456. The Labute approximate surface area is 187 Å². The van der Waals surface area contributed by atoms with Gasteiger partial charge in [-0.25, -0.2) is 9.99 Å². The molecule has 32 heavy (non-hydrogen) atoms. The second-order valence-corrected chi connectivity index (χ2v) is 8.19. The number of carbonyl (C=O) groups excluding carboxylic acids is 1. The maximum Gasteiger partial charge on any atom is 0.254 e. The molecule has 1 N–H and O–H groups in total. The van der Waals surface area contributed by atoms with Crippen molar-refractivity contribution in [3.8, 4) is 6.07 Å². The summed E-state index contributed by atoms with van der Waals surface area (Å²) < 4.78 is 1.80. The van der Waals surface area contributed by atoms with Gasteiger partial charge < -0.3 is 14.4 Å². The summed E-state index contributed by atoms with van der Waals surface area (Å²) in [7, 11) is 0. The van der Waals surface area contributed by atoms with E-state index in [2.05, 4.69) is 16.2 Å². The summed E-state index contributed by atoms with van der Waals surface area (Å²) in [6.45, 7) is 7.20. The van der Waals surface area contributed by atoms with E-state index in [0.717, 1.165) is 16.6 Å². The zero-order valence-corrected chi connectivity index (χ0v) is 18.5. The summed E-state index contributed by atoms with van der Waals surface area (Å²) in [5.41, 5.74) is 3.43. The lowest BCUT2D eigenvalue weighted by Gasteiger charge is -2.32. The number of benzene rings is 1. The normalized spacial score (nSPS) is 14.8. The smallest absolute Gasteiger partial charge is 0.254 e. The maximum absolute atomic E-state index is 12.8. The third kappa shape index (κ3) is 3.51. The Morgan fingerprint density at radius 3 is 2.84 bits per heavy atom. The van der Waals surface area contributed by atoms with Gasteiger partial charge in [-0.3, -0.25) is 4.79 Å². The van der Waals surface area contributed by atoms with E-state index in [-0.39, 0.29) is 12.5 Å². The highest BCUT2D eigenvalue weighted by atomic mass is 16.3. The fourth-order valence-corrected chi connectivity index (χ4v) is 4.23. The van der Waals surface area contributed by atoms with Crippen molar-refractivity contribution in [2.24, 2.45) is 5.10 Å². The fraction of sp³-hybridized carbons (Fsp3) is 0.333. The molecule has 0 spiro atoms. The molecule has 2 aromatic heterocycles. The van der Waals surface area contributed by atoms with E-state index >= 15 is 0 Å². The van der Waals surface area contributed by atoms with Crippen molar-refractivity contribution < 1.29 is 9.90 Å². The summed E-state index contributed by atoms with van der Waals surface area (Å²) in [5, 5.41) is 24.9. The quantitative estimate of drug-likeness (QED) is 0.459. The molecule has 3 aromatic rings. The van der Waals surface area contributed by atoms with Gasteiger partial charge in [-0.15, -0.1) is 0 Å². The first-order valence-electron chi connectivity index (χ1n) is 10.7. The van der Waals surface area contributed by atoms with Crippen LogP contribution in [0.2, 0.25) is 0 Å². The largest absolute Gasteiger partial charge is 0.396 e. The number of fused-ring (bicyclic) bond motifs is 2. The number of rotatable bonds is 7. The maximum atomic E-state index is 12.8. The molecule has 3 heterocycles. The van der Waals surface area contributed by atoms with E-state index in [1.54, 1.807) is 34.1 Å². The molecule has 8 nitrogen and oxygen atoms in total. The summed E-state index contributed by atoms with van der Waals surface area (Å²) in [5.74, 6) is 0.661. The van der Waals surface area contributed by atoms with Crippen LogP contribution in [0.5, 0.6) is 0 Å². The Morgan fingerprint density at radius 1 is 1.31 bits per heavy atom. The van der Waals surface area contributed by atoms with Gasteiger partial charge in [-0.1, -0.05) is 6.07 Å². The number of aliphatic hydroxyl groups is 1. The number of hydrogen-bond acceptors (Lipinski definition) is 6. The number of hydrogen-bond donors (Lipinski definition) is 1. The number of aromatic nitrogens is 2. The highest BCUT2D eigenvalue weighted by Gasteiger charge is 2.42. The zero-order chi connectivity index (χ0) is 22.9. The molecular formula is C24H26N6O2. The van der Waals surface area contributed by atoms with Crippen molar-refractivity contribution in [2.45, 2.75) is 32.7 Å². The second kappa shape index (κ2) is 8.44. The minimum Gasteiger partial charge on any atom is -0.396 e. The van der Waals surface area contributed by atoms with Crippen molar-refractivity contribution in [1.29, 1.82) is 5.26 Å². The van der Waals surface area contributed by atoms with E-state index in [1.807, 2.05) is 49.9 Å². The highest BCUT2D eigenvalue weighted by Crippen LogP contribution is 2.39. The van der Waals surface area contributed by atoms with Gasteiger partial charge in [0.05, 0.1) is 17.3 Å². The Balaban J connectivity index is 1.65. The van der Waals surface area contributed by atoms with Crippen LogP contribution in [0, 0.1) is 11.3 Å². The van der Waals surface area contributed by atoms with Crippen molar-refractivity contribution in [2.75, 3.05) is 24.7 Å². The Hall–Kier alpha value is -3.70. The monoisotopic (exact) mass is 430 g/mol. The van der Waals surface area contributed by atoms with Gasteiger partial charge in [0, 0.05) is 37.7 Å². The van der Waals surface area contributed by atoms with Gasteiger partial charge in [0.25, 0.3) is 5.91 Å². The molecule has 1 amide bonds. The number of amides is 1. The van der Waals surface area contributed by atoms with E-state index in [9.17, 15) is 15.2 Å². The van der Waals surface area contributed by atoms with Crippen LogP contribution < -0.4 is 5.01 Å². The summed E-state index contributed by atoms with van der Waals surface area (Å²) in [6.07, 6.45) is 5.73. The number of aliphatic hydroxyl groups excluding tert-OH is 1. The molecule has 8 heteroatoms. The van der Waals surface area contributed by atoms with Gasteiger partial charge in [-0.2, -0.15) is 10.4 Å². The summed E-state index contributed by atoms with van der Waals surface area (Å²) >= 11 is 0. The minimum absolute atomic E-state index is 0.00506. The Kier molecular flexibility index (Phi) is 5.68. The molecule has 4 rings (SSSR count). The average Bonchev–Trinajstić information content (AvgIpc) is 3.30. The molecule has 0 radical (unpaired) electrons. The van der Waals surface area contributed by atoms with Crippen LogP contribution >= 0.6 is 0 Å². The molecule has 0 saturated carbocycles. The first-order chi connectivity index (χ1) is 15.4. The molecule has 1 aromatic carbocycles. The number of nitrogens with zero attached hydrogens (tertiary/aromatic N) is 6. The van der Waals surface area contributed by atoms with Crippen LogP contribution in [0.15, 0.2) is 47.8 Å². The topological polar surface area (TPSA) is 97.2 Å². The van der Waals surface area contributed by atoms with E-state index in [0.29, 0.717) is 36.6 Å². The predicted octanol–water partition coefficient (Wildman–Crippen LogP) is 3.14. The first kappa shape index (κ1) is 21.5. The van der Waals surface area contributed by atoms with Crippen molar-refractivity contribution in [3.63, 3.8) is 0 Å². The lowest BCUT2D eigenvalue weighted by molar-refractivity contribution is 0.0600.